The van der Waals surface area contributed by atoms with Crippen LogP contribution in [-0.4, -0.2) is 41.4 Å². The number of nitrogens with zero attached hydrogens (tertiary/aromatic N) is 3. The van der Waals surface area contributed by atoms with Gasteiger partial charge in [-0.1, -0.05) is 12.1 Å². The van der Waals surface area contributed by atoms with Crippen LogP contribution in [0.1, 0.15) is 25.0 Å². The van der Waals surface area contributed by atoms with Gasteiger partial charge in [0.1, 0.15) is 0 Å². The Bertz CT molecular complexity index is 530. The Labute approximate surface area is 114 Å². The Hall–Kier alpha value is -1.86. The van der Waals surface area contributed by atoms with E-state index < -0.39 is 5.54 Å². The number of piperazine rings is 1. The molecule has 0 atom stereocenters. The predicted octanol–water partition coefficient (Wildman–Crippen LogP) is 1.61. The number of nitriles is 1. The van der Waals surface area contributed by atoms with Crippen LogP contribution >= 0.6 is 0 Å². The van der Waals surface area contributed by atoms with Crippen molar-refractivity contribution >= 4 is 5.91 Å². The Morgan fingerprint density at radius 1 is 1.37 bits per heavy atom. The van der Waals surface area contributed by atoms with Crippen LogP contribution < -0.4 is 0 Å². The normalized spacial score (nSPS) is 19.3. The molecule has 1 heterocycles. The molecule has 0 bridgehead atoms. The lowest BCUT2D eigenvalue weighted by molar-refractivity contribution is -0.147. The average molecular weight is 257 g/mol. The van der Waals surface area contributed by atoms with Gasteiger partial charge in [0.15, 0.2) is 0 Å². The highest BCUT2D eigenvalue weighted by molar-refractivity contribution is 5.86. The number of benzene rings is 1. The second kappa shape index (κ2) is 5.02. The number of hydrogen-bond acceptors (Lipinski definition) is 3. The fourth-order valence-corrected chi connectivity index (χ4v) is 2.49. The molecule has 4 nitrogen and oxygen atoms in total. The maximum Gasteiger partial charge on any atom is 0.242 e. The van der Waals surface area contributed by atoms with Gasteiger partial charge in [-0.05, 0) is 31.5 Å². The van der Waals surface area contributed by atoms with E-state index in [1.165, 1.54) is 0 Å². The highest BCUT2D eigenvalue weighted by Gasteiger charge is 2.40. The Morgan fingerprint density at radius 2 is 2.11 bits per heavy atom. The lowest BCUT2D eigenvalue weighted by atomic mass is 9.96. The molecule has 0 unspecified atom stereocenters. The van der Waals surface area contributed by atoms with Crippen LogP contribution in [0.15, 0.2) is 24.3 Å². The molecular formula is C15H19N3O. The molecule has 1 aromatic carbocycles. The van der Waals surface area contributed by atoms with Crippen molar-refractivity contribution in [2.24, 2.45) is 0 Å². The van der Waals surface area contributed by atoms with Crippen LogP contribution in [0.25, 0.3) is 0 Å². The third-order valence-electron chi connectivity index (χ3n) is 3.80. The average Bonchev–Trinajstić information content (AvgIpc) is 2.40. The molecule has 0 aromatic heterocycles. The van der Waals surface area contributed by atoms with Gasteiger partial charge in [-0.3, -0.25) is 9.69 Å². The topological polar surface area (TPSA) is 47.3 Å². The minimum atomic E-state index is -0.490. The molecule has 100 valence electrons. The van der Waals surface area contributed by atoms with Gasteiger partial charge < -0.3 is 4.90 Å². The van der Waals surface area contributed by atoms with Crippen LogP contribution in [0.2, 0.25) is 0 Å². The van der Waals surface area contributed by atoms with Crippen molar-refractivity contribution in [3.05, 3.63) is 35.4 Å². The van der Waals surface area contributed by atoms with Crippen LogP contribution in [-0.2, 0) is 11.3 Å². The summed E-state index contributed by atoms with van der Waals surface area (Å²) in [6.45, 7) is 6.21. The van der Waals surface area contributed by atoms with Crippen molar-refractivity contribution in [3.63, 3.8) is 0 Å². The van der Waals surface area contributed by atoms with E-state index in [2.05, 4.69) is 11.0 Å². The van der Waals surface area contributed by atoms with Crippen molar-refractivity contribution in [1.82, 2.24) is 9.80 Å². The van der Waals surface area contributed by atoms with Gasteiger partial charge in [0.05, 0.1) is 17.2 Å². The lowest BCUT2D eigenvalue weighted by Crippen LogP contribution is -2.61. The first kappa shape index (κ1) is 13.6. The van der Waals surface area contributed by atoms with Crippen LogP contribution in [0.3, 0.4) is 0 Å². The zero-order chi connectivity index (χ0) is 14.0. The summed E-state index contributed by atoms with van der Waals surface area (Å²) >= 11 is 0. The Morgan fingerprint density at radius 3 is 2.79 bits per heavy atom. The summed E-state index contributed by atoms with van der Waals surface area (Å²) in [7, 11) is 1.84. The van der Waals surface area contributed by atoms with E-state index in [0.717, 1.165) is 18.7 Å². The van der Waals surface area contributed by atoms with Gasteiger partial charge in [0.25, 0.3) is 0 Å². The Kier molecular flexibility index (Phi) is 3.59. The minimum Gasteiger partial charge on any atom is -0.343 e. The van der Waals surface area contributed by atoms with Crippen molar-refractivity contribution in [3.8, 4) is 6.07 Å². The summed E-state index contributed by atoms with van der Waals surface area (Å²) in [6.07, 6.45) is 0. The van der Waals surface area contributed by atoms with Crippen molar-refractivity contribution in [1.29, 1.82) is 5.26 Å². The second-order valence-corrected chi connectivity index (χ2v) is 5.52. The maximum absolute atomic E-state index is 12.2. The van der Waals surface area contributed by atoms with E-state index in [4.69, 9.17) is 5.26 Å². The third kappa shape index (κ3) is 2.61. The Balaban J connectivity index is 2.19. The van der Waals surface area contributed by atoms with Gasteiger partial charge in [-0.2, -0.15) is 5.26 Å². The highest BCUT2D eigenvalue weighted by Crippen LogP contribution is 2.24. The van der Waals surface area contributed by atoms with E-state index >= 15 is 0 Å². The largest absolute Gasteiger partial charge is 0.343 e. The molecule has 1 aromatic rings. The SMILES string of the molecule is CN1CCN(Cc2cccc(C#N)c2)C(C)(C)C1=O. The zero-order valence-corrected chi connectivity index (χ0v) is 11.7. The van der Waals surface area contributed by atoms with Crippen molar-refractivity contribution < 1.29 is 4.79 Å². The van der Waals surface area contributed by atoms with E-state index in [1.807, 2.05) is 39.1 Å². The van der Waals surface area contributed by atoms with Crippen LogP contribution in [0.4, 0.5) is 0 Å². The van der Waals surface area contributed by atoms with E-state index in [-0.39, 0.29) is 5.91 Å². The molecule has 1 saturated heterocycles. The fraction of sp³-hybridized carbons (Fsp3) is 0.467. The van der Waals surface area contributed by atoms with Crippen molar-refractivity contribution in [2.45, 2.75) is 25.9 Å². The van der Waals surface area contributed by atoms with Gasteiger partial charge in [0.2, 0.25) is 5.91 Å². The smallest absolute Gasteiger partial charge is 0.242 e. The molecule has 1 amide bonds. The van der Waals surface area contributed by atoms with Gasteiger partial charge >= 0.3 is 0 Å². The summed E-state index contributed by atoms with van der Waals surface area (Å²) in [5.41, 5.74) is 1.25. The molecular weight excluding hydrogens is 238 g/mol. The molecule has 4 heteroatoms. The number of carbonyl (C=O) groups excluding carboxylic acids is 1. The third-order valence-corrected chi connectivity index (χ3v) is 3.80. The molecule has 19 heavy (non-hydrogen) atoms. The minimum absolute atomic E-state index is 0.148. The summed E-state index contributed by atoms with van der Waals surface area (Å²) in [5, 5.41) is 8.92. The first-order valence-corrected chi connectivity index (χ1v) is 6.45. The van der Waals surface area contributed by atoms with E-state index in [1.54, 1.807) is 11.0 Å². The number of carbonyl (C=O) groups is 1. The molecule has 1 aliphatic rings. The van der Waals surface area contributed by atoms with Crippen LogP contribution in [0.5, 0.6) is 0 Å². The first-order valence-electron chi connectivity index (χ1n) is 6.45. The van der Waals surface area contributed by atoms with E-state index in [0.29, 0.717) is 12.1 Å². The molecule has 1 aliphatic heterocycles. The summed E-state index contributed by atoms with van der Waals surface area (Å²) in [6, 6.07) is 9.72. The van der Waals surface area contributed by atoms with Gasteiger partial charge in [0, 0.05) is 26.7 Å². The number of rotatable bonds is 2. The summed E-state index contributed by atoms with van der Waals surface area (Å²) < 4.78 is 0. The van der Waals surface area contributed by atoms with E-state index in [9.17, 15) is 4.79 Å². The highest BCUT2D eigenvalue weighted by atomic mass is 16.2. The quantitative estimate of drug-likeness (QED) is 0.808. The van der Waals surface area contributed by atoms with Gasteiger partial charge in [-0.15, -0.1) is 0 Å². The number of amides is 1. The molecule has 0 aliphatic carbocycles. The molecule has 0 saturated carbocycles. The molecule has 0 radical (unpaired) electrons. The molecule has 2 rings (SSSR count). The maximum atomic E-state index is 12.2. The number of likely N-dealkylation sites (N-methyl/N-ethyl adjacent to an activating group) is 1. The zero-order valence-electron chi connectivity index (χ0n) is 11.7. The summed E-state index contributed by atoms with van der Waals surface area (Å²) in [5.74, 6) is 0.148. The molecule has 0 spiro atoms. The molecule has 0 N–H and O–H groups in total. The number of hydrogen-bond donors (Lipinski definition) is 0. The molecule has 1 fully saturated rings. The lowest BCUT2D eigenvalue weighted by Gasteiger charge is -2.44. The second-order valence-electron chi connectivity index (χ2n) is 5.52. The summed E-state index contributed by atoms with van der Waals surface area (Å²) in [4.78, 5) is 16.2. The first-order chi connectivity index (χ1) is 8.95. The van der Waals surface area contributed by atoms with Crippen LogP contribution in [0, 0.1) is 11.3 Å². The fourth-order valence-electron chi connectivity index (χ4n) is 2.49. The monoisotopic (exact) mass is 257 g/mol. The predicted molar refractivity (Wildman–Crippen MR) is 73.3 cm³/mol. The van der Waals surface area contributed by atoms with Gasteiger partial charge in [-0.25, -0.2) is 0 Å². The standard InChI is InChI=1S/C15H19N3O/c1-15(2)14(19)17(3)7-8-18(15)11-13-6-4-5-12(9-13)10-16/h4-6,9H,7-8,11H2,1-3H3. The van der Waals surface area contributed by atoms with Crippen molar-refractivity contribution in [2.75, 3.05) is 20.1 Å².